The Bertz CT molecular complexity index is 929. The van der Waals surface area contributed by atoms with Crippen molar-refractivity contribution in [3.05, 3.63) is 83.4 Å². The molecule has 0 N–H and O–H groups in total. The molecule has 0 radical (unpaired) electrons. The maximum atomic E-state index is 12.4. The molecule has 25 heavy (non-hydrogen) atoms. The van der Waals surface area contributed by atoms with E-state index in [4.69, 9.17) is 9.15 Å². The third-order valence-corrected chi connectivity index (χ3v) is 3.64. The molecule has 3 aromatic rings. The van der Waals surface area contributed by atoms with Crippen LogP contribution in [-0.2, 0) is 4.74 Å². The van der Waals surface area contributed by atoms with E-state index in [2.05, 4.69) is 0 Å². The Labute approximate surface area is 145 Å². The number of nitriles is 1. The molecular weight excluding hydrogens is 316 g/mol. The second kappa shape index (κ2) is 7.37. The minimum absolute atomic E-state index is 0.113. The predicted octanol–water partition coefficient (Wildman–Crippen LogP) is 4.12. The number of rotatable bonds is 5. The summed E-state index contributed by atoms with van der Waals surface area (Å²) in [6.07, 6.45) is 7.11. The molecule has 0 aliphatic carbocycles. The number of esters is 1. The molecule has 1 aromatic carbocycles. The third kappa shape index (κ3) is 3.54. The van der Waals surface area contributed by atoms with Crippen LogP contribution in [0.2, 0.25) is 0 Å². The van der Waals surface area contributed by atoms with Gasteiger partial charge in [-0.1, -0.05) is 36.4 Å². The standard InChI is InChI=1S/C20H16N2O3/c1-15-18(17(14-21)19(25-15)22-11-5-6-12-22)20(23)24-13-7-10-16-8-3-2-4-9-16/h2-12H,13H2,1H3. The number of hydrogen-bond donors (Lipinski definition) is 0. The number of aryl methyl sites for hydroxylation is 1. The summed E-state index contributed by atoms with van der Waals surface area (Å²) in [7, 11) is 0. The van der Waals surface area contributed by atoms with Gasteiger partial charge in [-0.25, -0.2) is 4.79 Å². The van der Waals surface area contributed by atoms with Crippen molar-refractivity contribution in [1.82, 2.24) is 4.57 Å². The average molecular weight is 332 g/mol. The van der Waals surface area contributed by atoms with E-state index in [0.29, 0.717) is 11.6 Å². The molecule has 0 spiro atoms. The summed E-state index contributed by atoms with van der Waals surface area (Å²) in [4.78, 5) is 12.4. The van der Waals surface area contributed by atoms with E-state index in [1.165, 1.54) is 0 Å². The lowest BCUT2D eigenvalue weighted by molar-refractivity contribution is 0.0548. The van der Waals surface area contributed by atoms with Crippen molar-refractivity contribution in [2.45, 2.75) is 6.92 Å². The summed E-state index contributed by atoms with van der Waals surface area (Å²) in [5.74, 6) is 0.1000. The maximum Gasteiger partial charge on any atom is 0.343 e. The number of benzene rings is 1. The number of ether oxygens (including phenoxy) is 1. The molecular formula is C20H16N2O3. The zero-order valence-electron chi connectivity index (χ0n) is 13.7. The van der Waals surface area contributed by atoms with Crippen LogP contribution in [0.4, 0.5) is 0 Å². The normalized spacial score (nSPS) is 10.7. The Balaban J connectivity index is 1.74. The van der Waals surface area contributed by atoms with Gasteiger partial charge in [0.2, 0.25) is 5.88 Å². The summed E-state index contributed by atoms with van der Waals surface area (Å²) < 4.78 is 12.5. The largest absolute Gasteiger partial charge is 0.458 e. The van der Waals surface area contributed by atoms with Crippen molar-refractivity contribution < 1.29 is 13.9 Å². The summed E-state index contributed by atoms with van der Waals surface area (Å²) in [6.45, 7) is 1.76. The van der Waals surface area contributed by atoms with Crippen LogP contribution in [0, 0.1) is 18.3 Å². The molecule has 0 aliphatic heterocycles. The third-order valence-electron chi connectivity index (χ3n) is 3.64. The van der Waals surface area contributed by atoms with Crippen molar-refractivity contribution in [2.75, 3.05) is 6.61 Å². The Morgan fingerprint density at radius 1 is 1.24 bits per heavy atom. The first-order valence-corrected chi connectivity index (χ1v) is 7.76. The molecule has 0 atom stereocenters. The molecule has 0 fully saturated rings. The van der Waals surface area contributed by atoms with Gasteiger partial charge >= 0.3 is 5.97 Å². The van der Waals surface area contributed by atoms with Crippen molar-refractivity contribution in [3.8, 4) is 12.0 Å². The molecule has 0 saturated heterocycles. The Hall–Kier alpha value is -3.52. The molecule has 0 bridgehead atoms. The molecule has 0 aliphatic rings. The first-order valence-electron chi connectivity index (χ1n) is 7.76. The number of hydrogen-bond acceptors (Lipinski definition) is 4. The molecule has 2 aromatic heterocycles. The van der Waals surface area contributed by atoms with Crippen LogP contribution in [0.25, 0.3) is 12.0 Å². The van der Waals surface area contributed by atoms with Crippen LogP contribution in [0.15, 0.2) is 65.4 Å². The number of carbonyl (C=O) groups excluding carboxylic acids is 1. The first-order chi connectivity index (χ1) is 12.2. The SMILES string of the molecule is Cc1oc(-n2cccc2)c(C#N)c1C(=O)OCC=Cc1ccccc1. The van der Waals surface area contributed by atoms with E-state index in [0.717, 1.165) is 5.56 Å². The Kier molecular flexibility index (Phi) is 4.82. The van der Waals surface area contributed by atoms with Gasteiger partial charge in [-0.2, -0.15) is 5.26 Å². The zero-order valence-corrected chi connectivity index (χ0v) is 13.7. The zero-order chi connectivity index (χ0) is 17.6. The lowest BCUT2D eigenvalue weighted by Gasteiger charge is -2.01. The summed E-state index contributed by atoms with van der Waals surface area (Å²) in [5, 5.41) is 9.44. The minimum Gasteiger partial charge on any atom is -0.458 e. The van der Waals surface area contributed by atoms with Crippen LogP contribution in [-0.4, -0.2) is 17.1 Å². The highest BCUT2D eigenvalue weighted by Gasteiger charge is 2.25. The highest BCUT2D eigenvalue weighted by molar-refractivity contribution is 5.94. The Morgan fingerprint density at radius 2 is 1.96 bits per heavy atom. The second-order valence-corrected chi connectivity index (χ2v) is 5.33. The smallest absolute Gasteiger partial charge is 0.343 e. The highest BCUT2D eigenvalue weighted by atomic mass is 16.5. The summed E-state index contributed by atoms with van der Waals surface area (Å²) in [6, 6.07) is 15.4. The fraction of sp³-hybridized carbons (Fsp3) is 0.100. The highest BCUT2D eigenvalue weighted by Crippen LogP contribution is 2.26. The molecule has 124 valence electrons. The van der Waals surface area contributed by atoms with Crippen molar-refractivity contribution in [1.29, 1.82) is 5.26 Å². The Morgan fingerprint density at radius 3 is 2.64 bits per heavy atom. The van der Waals surface area contributed by atoms with Crippen molar-refractivity contribution in [3.63, 3.8) is 0 Å². The van der Waals surface area contributed by atoms with Crippen LogP contribution < -0.4 is 0 Å². The van der Waals surface area contributed by atoms with E-state index in [1.807, 2.05) is 54.6 Å². The van der Waals surface area contributed by atoms with Gasteiger partial charge in [-0.3, -0.25) is 4.57 Å². The quantitative estimate of drug-likeness (QED) is 0.659. The van der Waals surface area contributed by atoms with Crippen molar-refractivity contribution >= 4 is 12.0 Å². The molecule has 0 unspecified atom stereocenters. The number of carbonyl (C=O) groups is 1. The number of furan rings is 1. The van der Waals surface area contributed by atoms with Crippen LogP contribution in [0.5, 0.6) is 0 Å². The number of aromatic nitrogens is 1. The molecule has 3 rings (SSSR count). The van der Waals surface area contributed by atoms with Crippen LogP contribution in [0.3, 0.4) is 0 Å². The first kappa shape index (κ1) is 16.3. The molecule has 0 saturated carbocycles. The van der Waals surface area contributed by atoms with Gasteiger partial charge in [-0.05, 0) is 30.7 Å². The van der Waals surface area contributed by atoms with E-state index in [1.54, 1.807) is 30.0 Å². The molecule has 5 nitrogen and oxygen atoms in total. The predicted molar refractivity (Wildman–Crippen MR) is 93.2 cm³/mol. The van der Waals surface area contributed by atoms with Gasteiger partial charge in [0.25, 0.3) is 0 Å². The second-order valence-electron chi connectivity index (χ2n) is 5.33. The van der Waals surface area contributed by atoms with Crippen LogP contribution >= 0.6 is 0 Å². The van der Waals surface area contributed by atoms with Gasteiger partial charge in [0, 0.05) is 12.4 Å². The fourth-order valence-electron chi connectivity index (χ4n) is 2.48. The monoisotopic (exact) mass is 332 g/mol. The lowest BCUT2D eigenvalue weighted by Crippen LogP contribution is -2.07. The maximum absolute atomic E-state index is 12.4. The summed E-state index contributed by atoms with van der Waals surface area (Å²) in [5.41, 5.74) is 1.36. The van der Waals surface area contributed by atoms with Gasteiger partial charge < -0.3 is 9.15 Å². The van der Waals surface area contributed by atoms with E-state index in [9.17, 15) is 10.1 Å². The van der Waals surface area contributed by atoms with Gasteiger partial charge in [0.1, 0.15) is 29.6 Å². The number of nitrogens with zero attached hydrogens (tertiary/aromatic N) is 2. The van der Waals surface area contributed by atoms with E-state index < -0.39 is 5.97 Å². The average Bonchev–Trinajstić information content (AvgIpc) is 3.26. The van der Waals surface area contributed by atoms with Gasteiger partial charge in [-0.15, -0.1) is 0 Å². The topological polar surface area (TPSA) is 68.2 Å². The lowest BCUT2D eigenvalue weighted by atomic mass is 10.1. The van der Waals surface area contributed by atoms with E-state index in [-0.39, 0.29) is 17.7 Å². The van der Waals surface area contributed by atoms with Gasteiger partial charge in [0.05, 0.1) is 0 Å². The fourth-order valence-corrected chi connectivity index (χ4v) is 2.48. The van der Waals surface area contributed by atoms with Crippen LogP contribution in [0.1, 0.15) is 27.2 Å². The summed E-state index contributed by atoms with van der Waals surface area (Å²) >= 11 is 0. The van der Waals surface area contributed by atoms with Crippen molar-refractivity contribution in [2.24, 2.45) is 0 Å². The van der Waals surface area contributed by atoms with E-state index >= 15 is 0 Å². The van der Waals surface area contributed by atoms with Gasteiger partial charge in [0.15, 0.2) is 0 Å². The molecule has 2 heterocycles. The molecule has 0 amide bonds. The minimum atomic E-state index is -0.575. The molecule has 5 heteroatoms.